The summed E-state index contributed by atoms with van der Waals surface area (Å²) in [4.78, 5) is 12.6. The molecule has 0 saturated carbocycles. The molecule has 6 nitrogen and oxygen atoms in total. The predicted octanol–water partition coefficient (Wildman–Crippen LogP) is 4.13. The molecule has 26 heavy (non-hydrogen) atoms. The molecule has 0 saturated heterocycles. The van der Waals surface area contributed by atoms with Crippen LogP contribution in [0.2, 0.25) is 0 Å². The Balaban J connectivity index is 1.73. The SMILES string of the molecule is Cc1nn(C)c(C)c1NC(=O)[C@H](C)Sc1nn(-c2ccccc2)c(=S)s1. The van der Waals surface area contributed by atoms with Gasteiger partial charge in [-0.15, -0.1) is 5.10 Å². The van der Waals surface area contributed by atoms with Crippen molar-refractivity contribution >= 4 is 46.9 Å². The van der Waals surface area contributed by atoms with Crippen LogP contribution in [0.15, 0.2) is 34.7 Å². The lowest BCUT2D eigenvalue weighted by Crippen LogP contribution is -2.23. The van der Waals surface area contributed by atoms with Crippen LogP contribution in [0.1, 0.15) is 18.3 Å². The Kier molecular flexibility index (Phi) is 5.59. The number of aromatic nitrogens is 4. The topological polar surface area (TPSA) is 64.7 Å². The highest BCUT2D eigenvalue weighted by Gasteiger charge is 2.20. The third kappa shape index (κ3) is 3.89. The molecule has 3 aromatic rings. The zero-order valence-electron chi connectivity index (χ0n) is 14.9. The van der Waals surface area contributed by atoms with Gasteiger partial charge >= 0.3 is 0 Å². The third-order valence-electron chi connectivity index (χ3n) is 3.93. The van der Waals surface area contributed by atoms with Gasteiger partial charge in [0.05, 0.1) is 28.0 Å². The van der Waals surface area contributed by atoms with Gasteiger partial charge < -0.3 is 5.32 Å². The number of para-hydroxylation sites is 1. The molecule has 0 fully saturated rings. The van der Waals surface area contributed by atoms with Gasteiger partial charge in [-0.3, -0.25) is 9.48 Å². The fraction of sp³-hybridized carbons (Fsp3) is 0.294. The van der Waals surface area contributed by atoms with Crippen LogP contribution in [-0.2, 0) is 11.8 Å². The van der Waals surface area contributed by atoms with Crippen molar-refractivity contribution in [2.45, 2.75) is 30.4 Å². The minimum Gasteiger partial charge on any atom is -0.322 e. The zero-order chi connectivity index (χ0) is 18.8. The van der Waals surface area contributed by atoms with Crippen LogP contribution in [0.4, 0.5) is 5.69 Å². The number of carbonyl (C=O) groups is 1. The molecule has 2 heterocycles. The molecule has 3 rings (SSSR count). The number of carbonyl (C=O) groups excluding carboxylic acids is 1. The molecule has 0 aliphatic carbocycles. The van der Waals surface area contributed by atoms with Crippen LogP contribution in [0, 0.1) is 17.8 Å². The first kappa shape index (κ1) is 18.8. The van der Waals surface area contributed by atoms with Crippen molar-refractivity contribution in [3.63, 3.8) is 0 Å². The van der Waals surface area contributed by atoms with Gasteiger partial charge in [0.25, 0.3) is 0 Å². The first-order valence-corrected chi connectivity index (χ1v) is 10.1. The lowest BCUT2D eigenvalue weighted by Gasteiger charge is -2.10. The van der Waals surface area contributed by atoms with Crippen LogP contribution in [-0.4, -0.2) is 30.7 Å². The summed E-state index contributed by atoms with van der Waals surface area (Å²) in [6, 6.07) is 9.74. The molecule has 0 bridgehead atoms. The summed E-state index contributed by atoms with van der Waals surface area (Å²) in [6.07, 6.45) is 0. The van der Waals surface area contributed by atoms with E-state index in [2.05, 4.69) is 15.5 Å². The summed E-state index contributed by atoms with van der Waals surface area (Å²) >= 11 is 8.21. The van der Waals surface area contributed by atoms with E-state index < -0.39 is 0 Å². The summed E-state index contributed by atoms with van der Waals surface area (Å²) in [5, 5.41) is 11.5. The van der Waals surface area contributed by atoms with Gasteiger partial charge in [0.15, 0.2) is 8.29 Å². The standard InChI is InChI=1S/C17H19N5OS3/c1-10-14(11(2)21(4)19-10)18-15(23)12(3)25-16-20-22(17(24)26-16)13-8-6-5-7-9-13/h5-9,12H,1-4H3,(H,18,23)/t12-/m0/s1. The zero-order valence-corrected chi connectivity index (χ0v) is 17.3. The van der Waals surface area contributed by atoms with Crippen molar-refractivity contribution in [1.82, 2.24) is 19.6 Å². The lowest BCUT2D eigenvalue weighted by atomic mass is 10.3. The lowest BCUT2D eigenvalue weighted by molar-refractivity contribution is -0.115. The van der Waals surface area contributed by atoms with Crippen molar-refractivity contribution < 1.29 is 4.79 Å². The largest absolute Gasteiger partial charge is 0.322 e. The van der Waals surface area contributed by atoms with E-state index in [1.165, 1.54) is 23.1 Å². The number of nitrogens with one attached hydrogen (secondary N) is 1. The number of nitrogens with zero attached hydrogens (tertiary/aromatic N) is 4. The summed E-state index contributed by atoms with van der Waals surface area (Å²) < 4.78 is 4.91. The van der Waals surface area contributed by atoms with E-state index in [1.54, 1.807) is 9.36 Å². The summed E-state index contributed by atoms with van der Waals surface area (Å²) in [5.74, 6) is -0.0819. The molecule has 0 radical (unpaired) electrons. The van der Waals surface area contributed by atoms with Gasteiger partial charge in [-0.1, -0.05) is 41.3 Å². The maximum Gasteiger partial charge on any atom is 0.237 e. The van der Waals surface area contributed by atoms with Crippen molar-refractivity contribution in [3.05, 3.63) is 45.7 Å². The fourth-order valence-corrected chi connectivity index (χ4v) is 4.93. The molecule has 0 unspecified atom stereocenters. The second kappa shape index (κ2) is 7.73. The van der Waals surface area contributed by atoms with Crippen molar-refractivity contribution in [1.29, 1.82) is 0 Å². The molecular weight excluding hydrogens is 386 g/mol. The van der Waals surface area contributed by atoms with E-state index in [-0.39, 0.29) is 11.2 Å². The van der Waals surface area contributed by atoms with E-state index >= 15 is 0 Å². The van der Waals surface area contributed by atoms with Gasteiger partial charge in [0, 0.05) is 7.05 Å². The minimum absolute atomic E-state index is 0.0819. The fourth-order valence-electron chi connectivity index (χ4n) is 2.42. The predicted molar refractivity (Wildman–Crippen MR) is 109 cm³/mol. The van der Waals surface area contributed by atoms with E-state index in [4.69, 9.17) is 12.2 Å². The Hall–Kier alpha value is -1.97. The summed E-state index contributed by atoms with van der Waals surface area (Å²) in [6.45, 7) is 5.67. The molecule has 1 N–H and O–H groups in total. The van der Waals surface area contributed by atoms with Crippen LogP contribution in [0.5, 0.6) is 0 Å². The van der Waals surface area contributed by atoms with Crippen molar-refractivity contribution in [3.8, 4) is 5.69 Å². The van der Waals surface area contributed by atoms with Gasteiger partial charge in [-0.2, -0.15) is 5.10 Å². The number of anilines is 1. The highest BCUT2D eigenvalue weighted by atomic mass is 32.2. The molecule has 2 aromatic heterocycles. The second-order valence-electron chi connectivity index (χ2n) is 5.80. The Morgan fingerprint density at radius 3 is 2.58 bits per heavy atom. The van der Waals surface area contributed by atoms with Gasteiger partial charge in [0.1, 0.15) is 0 Å². The number of rotatable bonds is 5. The maximum absolute atomic E-state index is 12.6. The number of thioether (sulfide) groups is 1. The normalized spacial score (nSPS) is 12.2. The first-order chi connectivity index (χ1) is 12.4. The van der Waals surface area contributed by atoms with Crippen molar-refractivity contribution in [2.75, 3.05) is 5.32 Å². The first-order valence-electron chi connectivity index (χ1n) is 8.00. The second-order valence-corrected chi connectivity index (χ2v) is 9.01. The Bertz CT molecular complexity index is 990. The van der Waals surface area contributed by atoms with Crippen LogP contribution in [0.3, 0.4) is 0 Å². The molecule has 0 aliphatic heterocycles. The molecule has 1 aromatic carbocycles. The number of amides is 1. The highest BCUT2D eigenvalue weighted by molar-refractivity contribution is 8.02. The molecule has 1 atom stereocenters. The smallest absolute Gasteiger partial charge is 0.237 e. The van der Waals surface area contributed by atoms with Crippen molar-refractivity contribution in [2.24, 2.45) is 7.05 Å². The van der Waals surface area contributed by atoms with Crippen LogP contribution < -0.4 is 5.32 Å². The van der Waals surface area contributed by atoms with Gasteiger partial charge in [-0.05, 0) is 45.1 Å². The molecule has 0 spiro atoms. The van der Waals surface area contributed by atoms with E-state index in [9.17, 15) is 4.79 Å². The summed E-state index contributed by atoms with van der Waals surface area (Å²) in [7, 11) is 1.86. The molecule has 0 aliphatic rings. The van der Waals surface area contributed by atoms with E-state index in [0.29, 0.717) is 3.95 Å². The average molecular weight is 406 g/mol. The minimum atomic E-state index is -0.307. The van der Waals surface area contributed by atoms with Gasteiger partial charge in [0.2, 0.25) is 5.91 Å². The van der Waals surface area contributed by atoms with Gasteiger partial charge in [-0.25, -0.2) is 4.68 Å². The molecule has 136 valence electrons. The average Bonchev–Trinajstić information content (AvgIpc) is 3.09. The molecular formula is C17H19N5OS3. The number of benzene rings is 1. The quantitative estimate of drug-likeness (QED) is 0.511. The number of aryl methyl sites for hydroxylation is 2. The van der Waals surface area contributed by atoms with Crippen LogP contribution in [0.25, 0.3) is 5.69 Å². The third-order valence-corrected chi connectivity index (χ3v) is 6.35. The Morgan fingerprint density at radius 2 is 1.96 bits per heavy atom. The Morgan fingerprint density at radius 1 is 1.27 bits per heavy atom. The number of hydrogen-bond donors (Lipinski definition) is 1. The molecule has 9 heteroatoms. The summed E-state index contributed by atoms with van der Waals surface area (Å²) in [5.41, 5.74) is 3.42. The highest BCUT2D eigenvalue weighted by Crippen LogP contribution is 2.29. The van der Waals surface area contributed by atoms with Crippen LogP contribution >= 0.6 is 35.3 Å². The molecule has 1 amide bonds. The monoisotopic (exact) mass is 405 g/mol. The maximum atomic E-state index is 12.6. The van der Waals surface area contributed by atoms with E-state index in [1.807, 2.05) is 58.2 Å². The Labute approximate surface area is 165 Å². The van der Waals surface area contributed by atoms with E-state index in [0.717, 1.165) is 27.1 Å². The number of hydrogen-bond acceptors (Lipinski definition) is 6.